The molecule has 0 bridgehead atoms. The lowest BCUT2D eigenvalue weighted by atomic mass is 10.1. The standard InChI is InChI=1S/C22H16N6/c23-11-17-9-19(4-6-21(17)25)27-13-15-2-1-3-16(8-15)14-28-20-5-7-22(26)18(10-20)12-24/h1-10,13-14H,25-26H2. The molecule has 6 nitrogen and oxygen atoms in total. The molecule has 0 aliphatic heterocycles. The minimum absolute atomic E-state index is 0.399. The Morgan fingerprint density at radius 1 is 0.679 bits per heavy atom. The van der Waals surface area contributed by atoms with Gasteiger partial charge >= 0.3 is 0 Å². The van der Waals surface area contributed by atoms with Gasteiger partial charge in [0.15, 0.2) is 0 Å². The molecule has 0 aromatic heterocycles. The van der Waals surface area contributed by atoms with E-state index in [2.05, 4.69) is 9.98 Å². The van der Waals surface area contributed by atoms with Gasteiger partial charge in [-0.1, -0.05) is 18.2 Å². The molecule has 0 atom stereocenters. The average Bonchev–Trinajstić information content (AvgIpc) is 2.73. The fourth-order valence-electron chi connectivity index (χ4n) is 2.46. The first-order valence-corrected chi connectivity index (χ1v) is 8.36. The summed E-state index contributed by atoms with van der Waals surface area (Å²) in [4.78, 5) is 8.78. The Balaban J connectivity index is 1.79. The summed E-state index contributed by atoms with van der Waals surface area (Å²) in [6, 6.07) is 21.9. The first-order valence-electron chi connectivity index (χ1n) is 8.36. The number of hydrogen-bond acceptors (Lipinski definition) is 6. The molecule has 0 unspecified atom stereocenters. The van der Waals surface area contributed by atoms with Gasteiger partial charge in [-0.25, -0.2) is 0 Å². The van der Waals surface area contributed by atoms with Crippen molar-refractivity contribution in [1.82, 2.24) is 0 Å². The van der Waals surface area contributed by atoms with Gasteiger partial charge < -0.3 is 11.5 Å². The Hall–Kier alpha value is -4.42. The number of rotatable bonds is 4. The number of nitrogens with two attached hydrogens (primary N) is 2. The van der Waals surface area contributed by atoms with Crippen LogP contribution in [0.4, 0.5) is 22.7 Å². The number of nitriles is 2. The summed E-state index contributed by atoms with van der Waals surface area (Å²) in [7, 11) is 0. The van der Waals surface area contributed by atoms with Crippen molar-refractivity contribution >= 4 is 35.2 Å². The molecule has 0 heterocycles. The van der Waals surface area contributed by atoms with Crippen LogP contribution >= 0.6 is 0 Å². The highest BCUT2D eigenvalue weighted by atomic mass is 14.7. The van der Waals surface area contributed by atoms with Crippen LogP contribution in [0.15, 0.2) is 70.6 Å². The third kappa shape index (κ3) is 4.40. The lowest BCUT2D eigenvalue weighted by Crippen LogP contribution is -1.89. The summed E-state index contributed by atoms with van der Waals surface area (Å²) in [6.07, 6.45) is 3.42. The maximum absolute atomic E-state index is 9.04. The lowest BCUT2D eigenvalue weighted by Gasteiger charge is -2.00. The molecule has 0 saturated heterocycles. The van der Waals surface area contributed by atoms with Crippen molar-refractivity contribution in [3.63, 3.8) is 0 Å². The molecule has 0 saturated carbocycles. The van der Waals surface area contributed by atoms with E-state index >= 15 is 0 Å². The molecule has 0 spiro atoms. The molecule has 28 heavy (non-hydrogen) atoms. The van der Waals surface area contributed by atoms with Crippen LogP contribution in [0, 0.1) is 22.7 Å². The molecular weight excluding hydrogens is 348 g/mol. The van der Waals surface area contributed by atoms with Crippen molar-refractivity contribution in [2.45, 2.75) is 0 Å². The molecule has 0 fully saturated rings. The van der Waals surface area contributed by atoms with Crippen molar-refractivity contribution in [3.8, 4) is 12.1 Å². The minimum atomic E-state index is 0.399. The van der Waals surface area contributed by atoms with Gasteiger partial charge in [0.05, 0.1) is 22.5 Å². The van der Waals surface area contributed by atoms with Crippen molar-refractivity contribution in [3.05, 3.63) is 82.9 Å². The quantitative estimate of drug-likeness (QED) is 0.534. The molecule has 3 rings (SSSR count). The lowest BCUT2D eigenvalue weighted by molar-refractivity contribution is 1.45. The topological polar surface area (TPSA) is 124 Å². The summed E-state index contributed by atoms with van der Waals surface area (Å²) in [5, 5.41) is 18.1. The number of benzene rings is 3. The first-order chi connectivity index (χ1) is 13.6. The summed E-state index contributed by atoms with van der Waals surface area (Å²) >= 11 is 0. The van der Waals surface area contributed by atoms with Crippen molar-refractivity contribution in [1.29, 1.82) is 10.5 Å². The Bertz CT molecular complexity index is 1070. The summed E-state index contributed by atoms with van der Waals surface area (Å²) < 4.78 is 0. The van der Waals surface area contributed by atoms with E-state index in [1.807, 2.05) is 36.4 Å². The molecule has 3 aromatic carbocycles. The highest BCUT2D eigenvalue weighted by Crippen LogP contribution is 2.20. The van der Waals surface area contributed by atoms with E-state index in [1.165, 1.54) is 0 Å². The summed E-state index contributed by atoms with van der Waals surface area (Å²) in [5.74, 6) is 0. The third-order valence-electron chi connectivity index (χ3n) is 3.95. The predicted molar refractivity (Wildman–Crippen MR) is 112 cm³/mol. The molecular formula is C22H16N6. The number of anilines is 2. The highest BCUT2D eigenvalue weighted by Gasteiger charge is 2.00. The summed E-state index contributed by atoms with van der Waals surface area (Å²) in [6.45, 7) is 0. The number of nitrogen functional groups attached to an aromatic ring is 2. The van der Waals surface area contributed by atoms with Crippen LogP contribution in [0.3, 0.4) is 0 Å². The van der Waals surface area contributed by atoms with E-state index in [0.717, 1.165) is 11.1 Å². The zero-order chi connectivity index (χ0) is 19.9. The van der Waals surface area contributed by atoms with E-state index in [4.69, 9.17) is 22.0 Å². The predicted octanol–water partition coefficient (Wildman–Crippen LogP) is 4.10. The van der Waals surface area contributed by atoms with E-state index < -0.39 is 0 Å². The Labute approximate surface area is 162 Å². The normalized spacial score (nSPS) is 10.8. The Morgan fingerprint density at radius 2 is 1.14 bits per heavy atom. The monoisotopic (exact) mass is 364 g/mol. The van der Waals surface area contributed by atoms with Crippen molar-refractivity contribution < 1.29 is 0 Å². The number of nitrogens with zero attached hydrogens (tertiary/aromatic N) is 4. The molecule has 0 aliphatic rings. The second-order valence-electron chi connectivity index (χ2n) is 5.95. The molecule has 0 aliphatic carbocycles. The molecule has 3 aromatic rings. The fourth-order valence-corrected chi connectivity index (χ4v) is 2.46. The Kier molecular flexibility index (Phi) is 5.45. The van der Waals surface area contributed by atoms with E-state index in [-0.39, 0.29) is 0 Å². The number of hydrogen-bond donors (Lipinski definition) is 2. The largest absolute Gasteiger partial charge is 0.398 e. The zero-order valence-electron chi connectivity index (χ0n) is 14.9. The van der Waals surface area contributed by atoms with Crippen molar-refractivity contribution in [2.24, 2.45) is 9.98 Å². The van der Waals surface area contributed by atoms with E-state index in [1.54, 1.807) is 48.8 Å². The van der Waals surface area contributed by atoms with Gasteiger partial charge in [-0.3, -0.25) is 9.98 Å². The number of aliphatic imine (C=N–C) groups is 2. The molecule has 0 amide bonds. The van der Waals surface area contributed by atoms with Gasteiger partial charge in [0.25, 0.3) is 0 Å². The summed E-state index contributed by atoms with van der Waals surface area (Å²) in [5.41, 5.74) is 16.2. The second-order valence-corrected chi connectivity index (χ2v) is 5.95. The van der Waals surface area contributed by atoms with Crippen LogP contribution in [0.25, 0.3) is 0 Å². The zero-order valence-corrected chi connectivity index (χ0v) is 14.9. The molecule has 4 N–H and O–H groups in total. The molecule has 6 heteroatoms. The minimum Gasteiger partial charge on any atom is -0.398 e. The van der Waals surface area contributed by atoms with Gasteiger partial charge in [-0.15, -0.1) is 0 Å². The van der Waals surface area contributed by atoms with Gasteiger partial charge in [-0.05, 0) is 53.6 Å². The first kappa shape index (κ1) is 18.4. The van der Waals surface area contributed by atoms with E-state index in [9.17, 15) is 0 Å². The van der Waals surface area contributed by atoms with Crippen LogP contribution in [0.5, 0.6) is 0 Å². The average molecular weight is 364 g/mol. The second kappa shape index (κ2) is 8.31. The smallest absolute Gasteiger partial charge is 0.101 e. The van der Waals surface area contributed by atoms with Crippen LogP contribution in [0.2, 0.25) is 0 Å². The SMILES string of the molecule is N#Cc1cc(N=Cc2cccc(C=Nc3ccc(N)c(C#N)c3)c2)ccc1N. The highest BCUT2D eigenvalue weighted by molar-refractivity contribution is 5.88. The third-order valence-corrected chi connectivity index (χ3v) is 3.95. The fraction of sp³-hybridized carbons (Fsp3) is 0. The van der Waals surface area contributed by atoms with E-state index in [0.29, 0.717) is 33.9 Å². The van der Waals surface area contributed by atoms with Crippen LogP contribution in [0.1, 0.15) is 22.3 Å². The van der Waals surface area contributed by atoms with Crippen LogP contribution in [-0.4, -0.2) is 12.4 Å². The molecule has 0 radical (unpaired) electrons. The van der Waals surface area contributed by atoms with Gasteiger partial charge in [0.2, 0.25) is 0 Å². The van der Waals surface area contributed by atoms with Gasteiger partial charge in [-0.2, -0.15) is 10.5 Å². The van der Waals surface area contributed by atoms with Gasteiger partial charge in [0, 0.05) is 23.8 Å². The van der Waals surface area contributed by atoms with Crippen LogP contribution < -0.4 is 11.5 Å². The Morgan fingerprint density at radius 3 is 1.57 bits per heavy atom. The maximum Gasteiger partial charge on any atom is 0.101 e. The van der Waals surface area contributed by atoms with Gasteiger partial charge in [0.1, 0.15) is 12.1 Å². The molecule has 134 valence electrons. The van der Waals surface area contributed by atoms with Crippen LogP contribution in [-0.2, 0) is 0 Å². The van der Waals surface area contributed by atoms with Crippen molar-refractivity contribution in [2.75, 3.05) is 11.5 Å². The maximum atomic E-state index is 9.04.